The van der Waals surface area contributed by atoms with Gasteiger partial charge in [-0.1, -0.05) is 0 Å². The van der Waals surface area contributed by atoms with E-state index in [-0.39, 0.29) is 11.7 Å². The molecule has 0 aliphatic carbocycles. The Labute approximate surface area is 153 Å². The standard InChI is InChI=1S/C14H22N2O2S.C2HF3O2/c1-11-9-19-13(15-11)7-16-5-3-4-14(10-16)6-12(17-2)8-18-14;3-2(4,5)1(6)7/h9,12H,3-8,10H2,1-2H3;(H,6,7)/t12-,14-;/m0./s1. The Morgan fingerprint density at radius 2 is 2.27 bits per heavy atom. The Morgan fingerprint density at radius 3 is 2.77 bits per heavy atom. The van der Waals surface area contributed by atoms with Gasteiger partial charge >= 0.3 is 12.1 Å². The Kier molecular flexibility index (Phi) is 7.00. The van der Waals surface area contributed by atoms with Gasteiger partial charge in [0, 0.05) is 31.1 Å². The summed E-state index contributed by atoms with van der Waals surface area (Å²) >= 11 is 1.76. The number of thiazole rings is 1. The molecule has 2 aliphatic rings. The van der Waals surface area contributed by atoms with Crippen LogP contribution in [0.2, 0.25) is 0 Å². The summed E-state index contributed by atoms with van der Waals surface area (Å²) in [5.74, 6) is -2.76. The van der Waals surface area contributed by atoms with Crippen molar-refractivity contribution in [2.75, 3.05) is 26.8 Å². The van der Waals surface area contributed by atoms with Crippen LogP contribution in [0.3, 0.4) is 0 Å². The first-order valence-corrected chi connectivity index (χ1v) is 9.12. The molecule has 3 rings (SSSR count). The lowest BCUT2D eigenvalue weighted by Crippen LogP contribution is -2.47. The van der Waals surface area contributed by atoms with E-state index >= 15 is 0 Å². The van der Waals surface area contributed by atoms with Gasteiger partial charge in [-0.05, 0) is 26.3 Å². The van der Waals surface area contributed by atoms with Gasteiger partial charge in [0.15, 0.2) is 0 Å². The van der Waals surface area contributed by atoms with Crippen LogP contribution < -0.4 is 0 Å². The second-order valence-corrected chi connectivity index (χ2v) is 7.50. The number of carboxylic acid groups (broad SMARTS) is 1. The van der Waals surface area contributed by atoms with Gasteiger partial charge < -0.3 is 14.6 Å². The lowest BCUT2D eigenvalue weighted by molar-refractivity contribution is -0.192. The molecule has 2 saturated heterocycles. The monoisotopic (exact) mass is 396 g/mol. The quantitative estimate of drug-likeness (QED) is 0.847. The molecule has 2 fully saturated rings. The van der Waals surface area contributed by atoms with Crippen molar-refractivity contribution in [1.29, 1.82) is 0 Å². The number of aromatic nitrogens is 1. The maximum absolute atomic E-state index is 10.6. The van der Waals surface area contributed by atoms with E-state index in [4.69, 9.17) is 19.4 Å². The van der Waals surface area contributed by atoms with Crippen LogP contribution in [0.25, 0.3) is 0 Å². The summed E-state index contributed by atoms with van der Waals surface area (Å²) in [5.41, 5.74) is 1.16. The smallest absolute Gasteiger partial charge is 0.475 e. The Bertz CT molecular complexity index is 611. The van der Waals surface area contributed by atoms with Crippen molar-refractivity contribution in [3.05, 3.63) is 16.1 Å². The Morgan fingerprint density at radius 1 is 1.58 bits per heavy atom. The van der Waals surface area contributed by atoms with Crippen molar-refractivity contribution >= 4 is 17.3 Å². The predicted octanol–water partition coefficient (Wildman–Crippen LogP) is 2.85. The fourth-order valence-electron chi connectivity index (χ4n) is 3.23. The van der Waals surface area contributed by atoms with Crippen molar-refractivity contribution in [3.63, 3.8) is 0 Å². The third-order valence-electron chi connectivity index (χ3n) is 4.39. The van der Waals surface area contributed by atoms with Gasteiger partial charge in [-0.15, -0.1) is 11.3 Å². The molecule has 1 N–H and O–H groups in total. The summed E-state index contributed by atoms with van der Waals surface area (Å²) in [6.45, 7) is 5.94. The first-order valence-electron chi connectivity index (χ1n) is 8.24. The SMILES string of the molecule is CO[C@@H]1CO[C@@]2(CCCN(Cc3nc(C)cs3)C2)C1.O=C(O)C(F)(F)F. The first-order chi connectivity index (χ1) is 12.1. The summed E-state index contributed by atoms with van der Waals surface area (Å²) < 4.78 is 43.3. The van der Waals surface area contributed by atoms with Crippen molar-refractivity contribution in [1.82, 2.24) is 9.88 Å². The summed E-state index contributed by atoms with van der Waals surface area (Å²) in [7, 11) is 1.78. The molecule has 3 heterocycles. The predicted molar refractivity (Wildman–Crippen MR) is 89.1 cm³/mol. The number of carbonyl (C=O) groups is 1. The maximum atomic E-state index is 10.6. The van der Waals surface area contributed by atoms with Gasteiger partial charge in [-0.3, -0.25) is 4.90 Å². The normalized spacial score (nSPS) is 26.6. The molecule has 2 atom stereocenters. The molecule has 26 heavy (non-hydrogen) atoms. The lowest BCUT2D eigenvalue weighted by Gasteiger charge is -2.39. The van der Waals surface area contributed by atoms with E-state index in [9.17, 15) is 13.2 Å². The lowest BCUT2D eigenvalue weighted by atomic mass is 9.89. The number of methoxy groups -OCH3 is 1. The number of ether oxygens (including phenoxy) is 2. The van der Waals surface area contributed by atoms with E-state index in [0.717, 1.165) is 38.4 Å². The number of hydrogen-bond acceptors (Lipinski definition) is 6. The molecule has 6 nitrogen and oxygen atoms in total. The number of carboxylic acids is 1. The summed E-state index contributed by atoms with van der Waals surface area (Å²) in [5, 5.41) is 10.5. The molecule has 148 valence electrons. The number of rotatable bonds is 3. The highest BCUT2D eigenvalue weighted by Crippen LogP contribution is 2.36. The number of hydrogen-bond donors (Lipinski definition) is 1. The summed E-state index contributed by atoms with van der Waals surface area (Å²) in [4.78, 5) is 15.9. The average Bonchev–Trinajstić information content (AvgIpc) is 3.14. The molecule has 0 radical (unpaired) electrons. The van der Waals surface area contributed by atoms with E-state index in [1.807, 2.05) is 0 Å². The van der Waals surface area contributed by atoms with Crippen LogP contribution in [0.1, 0.15) is 30.0 Å². The highest BCUT2D eigenvalue weighted by atomic mass is 32.1. The minimum absolute atomic E-state index is 0.0330. The second kappa shape index (κ2) is 8.64. The molecule has 0 aromatic carbocycles. The Balaban J connectivity index is 0.000000298. The van der Waals surface area contributed by atoms with Gasteiger partial charge in [-0.25, -0.2) is 9.78 Å². The van der Waals surface area contributed by atoms with Crippen LogP contribution in [-0.2, 0) is 20.8 Å². The number of alkyl halides is 3. The van der Waals surface area contributed by atoms with Gasteiger partial charge in [-0.2, -0.15) is 13.2 Å². The zero-order valence-electron chi connectivity index (χ0n) is 14.7. The van der Waals surface area contributed by atoms with Crippen LogP contribution in [0.5, 0.6) is 0 Å². The molecule has 2 aliphatic heterocycles. The Hall–Kier alpha value is -1.23. The molecule has 0 amide bonds. The number of halogens is 3. The molecule has 0 bridgehead atoms. The highest BCUT2D eigenvalue weighted by molar-refractivity contribution is 7.09. The number of aliphatic carboxylic acids is 1. The molecule has 0 saturated carbocycles. The van der Waals surface area contributed by atoms with Crippen LogP contribution in [-0.4, -0.2) is 65.6 Å². The zero-order chi connectivity index (χ0) is 19.4. The zero-order valence-corrected chi connectivity index (χ0v) is 15.5. The second-order valence-electron chi connectivity index (χ2n) is 6.56. The van der Waals surface area contributed by atoms with E-state index in [0.29, 0.717) is 0 Å². The van der Waals surface area contributed by atoms with Gasteiger partial charge in [0.05, 0.1) is 24.9 Å². The number of piperidine rings is 1. The van der Waals surface area contributed by atoms with E-state index in [2.05, 4.69) is 22.2 Å². The number of aryl methyl sites for hydroxylation is 1. The number of likely N-dealkylation sites (tertiary alicyclic amines) is 1. The minimum atomic E-state index is -5.08. The molecule has 1 spiro atoms. The molecular formula is C16H23F3N2O4S. The third-order valence-corrected chi connectivity index (χ3v) is 5.35. The van der Waals surface area contributed by atoms with Gasteiger partial charge in [0.25, 0.3) is 0 Å². The summed E-state index contributed by atoms with van der Waals surface area (Å²) in [6.07, 6.45) is -1.39. The van der Waals surface area contributed by atoms with Gasteiger partial charge in [0.2, 0.25) is 0 Å². The van der Waals surface area contributed by atoms with Crippen molar-refractivity contribution < 1.29 is 32.5 Å². The molecule has 1 aromatic rings. The van der Waals surface area contributed by atoms with Crippen LogP contribution in [0.4, 0.5) is 13.2 Å². The van der Waals surface area contributed by atoms with Crippen LogP contribution in [0.15, 0.2) is 5.38 Å². The topological polar surface area (TPSA) is 71.9 Å². The summed E-state index contributed by atoms with van der Waals surface area (Å²) in [6, 6.07) is 0. The molecule has 0 unspecified atom stereocenters. The van der Waals surface area contributed by atoms with Crippen LogP contribution >= 0.6 is 11.3 Å². The van der Waals surface area contributed by atoms with E-state index in [1.54, 1.807) is 18.4 Å². The number of nitrogens with zero attached hydrogens (tertiary/aromatic N) is 2. The fraction of sp³-hybridized carbons (Fsp3) is 0.750. The third kappa shape index (κ3) is 5.90. The van der Waals surface area contributed by atoms with Crippen LogP contribution in [0, 0.1) is 6.92 Å². The minimum Gasteiger partial charge on any atom is -0.475 e. The maximum Gasteiger partial charge on any atom is 0.490 e. The fourth-order valence-corrected chi connectivity index (χ4v) is 4.04. The van der Waals surface area contributed by atoms with Gasteiger partial charge in [0.1, 0.15) is 5.01 Å². The van der Waals surface area contributed by atoms with E-state index in [1.165, 1.54) is 17.8 Å². The largest absolute Gasteiger partial charge is 0.490 e. The van der Waals surface area contributed by atoms with Crippen molar-refractivity contribution in [2.45, 2.75) is 50.6 Å². The first kappa shape index (κ1) is 21.1. The molecule has 1 aromatic heterocycles. The van der Waals surface area contributed by atoms with Crippen molar-refractivity contribution in [3.8, 4) is 0 Å². The molecule has 10 heteroatoms. The highest BCUT2D eigenvalue weighted by Gasteiger charge is 2.43. The molecular weight excluding hydrogens is 373 g/mol. The van der Waals surface area contributed by atoms with Crippen molar-refractivity contribution in [2.24, 2.45) is 0 Å². The van der Waals surface area contributed by atoms with E-state index < -0.39 is 12.1 Å². The average molecular weight is 396 g/mol.